The lowest BCUT2D eigenvalue weighted by Gasteiger charge is -2.17. The van der Waals surface area contributed by atoms with Crippen molar-refractivity contribution in [3.05, 3.63) is 46.3 Å². The Morgan fingerprint density at radius 3 is 2.48 bits per heavy atom. The molecule has 1 heterocycles. The van der Waals surface area contributed by atoms with Gasteiger partial charge in [-0.1, -0.05) is 25.1 Å². The highest BCUT2D eigenvalue weighted by atomic mass is 32.1. The van der Waals surface area contributed by atoms with E-state index in [1.807, 2.05) is 39.0 Å². The molecular weight excluding hydrogens is 312 g/mol. The first-order valence-electron chi connectivity index (χ1n) is 7.36. The van der Waals surface area contributed by atoms with E-state index in [0.717, 1.165) is 10.4 Å². The molecular formula is C17H20N2O3S. The summed E-state index contributed by atoms with van der Waals surface area (Å²) < 4.78 is 5.71. The third-order valence-corrected chi connectivity index (χ3v) is 4.68. The van der Waals surface area contributed by atoms with Gasteiger partial charge in [0.25, 0.3) is 11.8 Å². The number of para-hydroxylation sites is 1. The van der Waals surface area contributed by atoms with Gasteiger partial charge in [-0.15, -0.1) is 11.3 Å². The second-order valence-corrected chi connectivity index (χ2v) is 6.39. The van der Waals surface area contributed by atoms with Crippen molar-refractivity contribution in [1.29, 1.82) is 0 Å². The van der Waals surface area contributed by atoms with Gasteiger partial charge in [0.05, 0.1) is 5.56 Å². The molecule has 1 unspecified atom stereocenters. The fraction of sp³-hybridized carbons (Fsp3) is 0.294. The molecule has 2 aromatic rings. The number of hydrogen-bond acceptors (Lipinski definition) is 4. The molecule has 5 nitrogen and oxygen atoms in total. The quantitative estimate of drug-likeness (QED) is 0.852. The molecule has 1 aromatic carbocycles. The van der Waals surface area contributed by atoms with Crippen molar-refractivity contribution in [1.82, 2.24) is 0 Å². The van der Waals surface area contributed by atoms with Gasteiger partial charge in [0, 0.05) is 4.88 Å². The normalized spacial score (nSPS) is 11.8. The van der Waals surface area contributed by atoms with Crippen molar-refractivity contribution >= 4 is 28.2 Å². The summed E-state index contributed by atoms with van der Waals surface area (Å²) in [7, 11) is 0. The number of rotatable bonds is 6. The number of nitrogens with one attached hydrogen (secondary N) is 1. The molecule has 1 aromatic heterocycles. The Hall–Kier alpha value is -2.34. The average Bonchev–Trinajstić information content (AvgIpc) is 2.80. The van der Waals surface area contributed by atoms with Crippen LogP contribution in [-0.2, 0) is 4.79 Å². The molecule has 2 amide bonds. The number of aryl methyl sites for hydroxylation is 1. The SMILES string of the molecule is CCC(Oc1ccccc1)C(=O)Nc1sc(C)c(C)c1C(N)=O. The van der Waals surface area contributed by atoms with Gasteiger partial charge in [-0.05, 0) is 38.0 Å². The molecule has 0 saturated carbocycles. The number of nitrogens with two attached hydrogens (primary N) is 1. The summed E-state index contributed by atoms with van der Waals surface area (Å²) in [4.78, 5) is 25.0. The number of hydrogen-bond donors (Lipinski definition) is 2. The van der Waals surface area contributed by atoms with E-state index in [1.54, 1.807) is 12.1 Å². The molecule has 2 rings (SSSR count). The smallest absolute Gasteiger partial charge is 0.266 e. The van der Waals surface area contributed by atoms with Crippen LogP contribution in [0.2, 0.25) is 0 Å². The zero-order chi connectivity index (χ0) is 17.0. The van der Waals surface area contributed by atoms with Gasteiger partial charge in [-0.3, -0.25) is 9.59 Å². The largest absolute Gasteiger partial charge is 0.481 e. The van der Waals surface area contributed by atoms with Crippen molar-refractivity contribution in [2.75, 3.05) is 5.32 Å². The van der Waals surface area contributed by atoms with E-state index in [4.69, 9.17) is 10.5 Å². The Bertz CT molecular complexity index is 710. The van der Waals surface area contributed by atoms with E-state index in [9.17, 15) is 9.59 Å². The zero-order valence-corrected chi connectivity index (χ0v) is 14.2. The lowest BCUT2D eigenvalue weighted by Crippen LogP contribution is -2.32. The number of anilines is 1. The monoisotopic (exact) mass is 332 g/mol. The van der Waals surface area contributed by atoms with Crippen molar-refractivity contribution in [3.8, 4) is 5.75 Å². The summed E-state index contributed by atoms with van der Waals surface area (Å²) in [6.07, 6.45) is -0.128. The summed E-state index contributed by atoms with van der Waals surface area (Å²) >= 11 is 1.34. The van der Waals surface area contributed by atoms with Crippen molar-refractivity contribution in [3.63, 3.8) is 0 Å². The van der Waals surface area contributed by atoms with Crippen molar-refractivity contribution < 1.29 is 14.3 Å². The highest BCUT2D eigenvalue weighted by molar-refractivity contribution is 7.16. The first-order chi connectivity index (χ1) is 10.9. The predicted octanol–water partition coefficient (Wildman–Crippen LogP) is 3.26. The Morgan fingerprint density at radius 1 is 1.26 bits per heavy atom. The Kier molecular flexibility index (Phi) is 5.39. The fourth-order valence-corrected chi connectivity index (χ4v) is 3.26. The van der Waals surface area contributed by atoms with Crippen molar-refractivity contribution in [2.24, 2.45) is 5.73 Å². The summed E-state index contributed by atoms with van der Waals surface area (Å²) in [5.41, 5.74) is 6.59. The third-order valence-electron chi connectivity index (χ3n) is 3.55. The van der Waals surface area contributed by atoms with Crippen LogP contribution in [0.4, 0.5) is 5.00 Å². The summed E-state index contributed by atoms with van der Waals surface area (Å²) in [6.45, 7) is 5.58. The lowest BCUT2D eigenvalue weighted by molar-refractivity contribution is -0.122. The molecule has 0 saturated heterocycles. The van der Waals surface area contributed by atoms with Crippen LogP contribution in [0.15, 0.2) is 30.3 Å². The van der Waals surface area contributed by atoms with Crippen LogP contribution in [0.5, 0.6) is 5.75 Å². The minimum atomic E-state index is -0.638. The van der Waals surface area contributed by atoms with E-state index >= 15 is 0 Å². The van der Waals surface area contributed by atoms with Gasteiger partial charge >= 0.3 is 0 Å². The Balaban J connectivity index is 2.17. The van der Waals surface area contributed by atoms with Crippen LogP contribution in [-0.4, -0.2) is 17.9 Å². The zero-order valence-electron chi connectivity index (χ0n) is 13.4. The molecule has 1 atom stereocenters. The van der Waals surface area contributed by atoms with E-state index in [0.29, 0.717) is 22.7 Å². The topological polar surface area (TPSA) is 81.4 Å². The Morgan fingerprint density at radius 2 is 1.91 bits per heavy atom. The molecule has 0 aliphatic heterocycles. The molecule has 0 fully saturated rings. The number of carbonyl (C=O) groups excluding carboxylic acids is 2. The molecule has 0 spiro atoms. The number of carbonyl (C=O) groups is 2. The maximum atomic E-state index is 12.5. The minimum absolute atomic E-state index is 0.292. The van der Waals surface area contributed by atoms with Crippen LogP contribution >= 0.6 is 11.3 Å². The molecule has 23 heavy (non-hydrogen) atoms. The second-order valence-electron chi connectivity index (χ2n) is 5.17. The van der Waals surface area contributed by atoms with E-state index in [1.165, 1.54) is 11.3 Å². The minimum Gasteiger partial charge on any atom is -0.481 e. The van der Waals surface area contributed by atoms with Gasteiger partial charge in [-0.2, -0.15) is 0 Å². The van der Waals surface area contributed by atoms with Gasteiger partial charge in [0.2, 0.25) is 0 Å². The van der Waals surface area contributed by atoms with Crippen LogP contribution in [0.1, 0.15) is 34.1 Å². The van der Waals surface area contributed by atoms with E-state index < -0.39 is 12.0 Å². The lowest BCUT2D eigenvalue weighted by atomic mass is 10.1. The van der Waals surface area contributed by atoms with Gasteiger partial charge in [0.1, 0.15) is 10.8 Å². The number of amides is 2. The first kappa shape index (κ1) is 17.0. The van der Waals surface area contributed by atoms with Gasteiger partial charge in [0.15, 0.2) is 6.10 Å². The third kappa shape index (κ3) is 3.90. The predicted molar refractivity (Wildman–Crippen MR) is 92.1 cm³/mol. The number of benzene rings is 1. The molecule has 0 aliphatic carbocycles. The second kappa shape index (κ2) is 7.28. The van der Waals surface area contributed by atoms with Gasteiger partial charge in [-0.25, -0.2) is 0 Å². The van der Waals surface area contributed by atoms with Crippen LogP contribution < -0.4 is 15.8 Å². The maximum absolute atomic E-state index is 12.5. The fourth-order valence-electron chi connectivity index (χ4n) is 2.19. The van der Waals surface area contributed by atoms with Crippen molar-refractivity contribution in [2.45, 2.75) is 33.3 Å². The maximum Gasteiger partial charge on any atom is 0.266 e. The summed E-state index contributed by atoms with van der Waals surface area (Å²) in [6, 6.07) is 9.16. The van der Waals surface area contributed by atoms with Crippen LogP contribution in [0, 0.1) is 13.8 Å². The molecule has 0 radical (unpaired) electrons. The molecule has 0 bridgehead atoms. The van der Waals surface area contributed by atoms with E-state index in [-0.39, 0.29) is 5.91 Å². The summed E-state index contributed by atoms with van der Waals surface area (Å²) in [5, 5.41) is 3.26. The highest BCUT2D eigenvalue weighted by Crippen LogP contribution is 2.32. The standard InChI is InChI=1S/C17H20N2O3S/c1-4-13(22-12-8-6-5-7-9-12)16(21)19-17-14(15(18)20)10(2)11(3)23-17/h5-9,13H,4H2,1-3H3,(H2,18,20)(H,19,21). The van der Waals surface area contributed by atoms with Crippen LogP contribution in [0.25, 0.3) is 0 Å². The average molecular weight is 332 g/mol. The molecule has 0 aliphatic rings. The number of ether oxygens (including phenoxy) is 1. The number of thiophene rings is 1. The van der Waals surface area contributed by atoms with Crippen LogP contribution in [0.3, 0.4) is 0 Å². The molecule has 3 N–H and O–H groups in total. The highest BCUT2D eigenvalue weighted by Gasteiger charge is 2.23. The molecule has 122 valence electrons. The van der Waals surface area contributed by atoms with Gasteiger partial charge < -0.3 is 15.8 Å². The number of primary amides is 1. The molecule has 6 heteroatoms. The Labute approximate surface area is 139 Å². The first-order valence-corrected chi connectivity index (χ1v) is 8.18. The van der Waals surface area contributed by atoms with E-state index in [2.05, 4.69) is 5.32 Å². The summed E-state index contributed by atoms with van der Waals surface area (Å²) in [5.74, 6) is -0.206.